The number of para-hydroxylation sites is 1. The number of nitrogens with zero attached hydrogens (tertiary/aromatic N) is 1. The number of hydrogen-bond acceptors (Lipinski definition) is 3. The molecular formula is C22H23NOS. The first-order valence-electron chi connectivity index (χ1n) is 8.66. The van der Waals surface area contributed by atoms with E-state index >= 15 is 0 Å². The number of ketones is 1. The largest absolute Gasteiger partial charge is 0.293 e. The van der Waals surface area contributed by atoms with Crippen molar-refractivity contribution in [3.63, 3.8) is 0 Å². The van der Waals surface area contributed by atoms with E-state index in [4.69, 9.17) is 4.98 Å². The third-order valence-corrected chi connectivity index (χ3v) is 5.56. The molecule has 0 fully saturated rings. The predicted octanol–water partition coefficient (Wildman–Crippen LogP) is 5.78. The molecule has 0 radical (unpaired) electrons. The summed E-state index contributed by atoms with van der Waals surface area (Å²) in [6.45, 7) is 8.25. The lowest BCUT2D eigenvalue weighted by Gasteiger charge is -2.12. The average molecular weight is 349 g/mol. The van der Waals surface area contributed by atoms with E-state index in [0.29, 0.717) is 0 Å². The molecule has 0 saturated carbocycles. The Morgan fingerprint density at radius 2 is 1.80 bits per heavy atom. The molecule has 3 heteroatoms. The molecule has 0 aliphatic rings. The van der Waals surface area contributed by atoms with Crippen molar-refractivity contribution in [2.24, 2.45) is 0 Å². The zero-order chi connectivity index (χ0) is 18.0. The van der Waals surface area contributed by atoms with Crippen molar-refractivity contribution in [3.8, 4) is 0 Å². The number of carbonyl (C=O) groups excluding carboxylic acids is 1. The molecule has 0 spiro atoms. The Labute approximate surface area is 153 Å². The van der Waals surface area contributed by atoms with Crippen LogP contribution in [-0.4, -0.2) is 16.0 Å². The van der Waals surface area contributed by atoms with Gasteiger partial charge >= 0.3 is 0 Å². The maximum Gasteiger partial charge on any atom is 0.175 e. The van der Waals surface area contributed by atoms with Crippen molar-refractivity contribution >= 4 is 28.4 Å². The van der Waals surface area contributed by atoms with Crippen LogP contribution in [0.1, 0.15) is 40.9 Å². The molecule has 1 aromatic heterocycles. The van der Waals surface area contributed by atoms with Crippen molar-refractivity contribution < 1.29 is 4.79 Å². The molecule has 3 rings (SSSR count). The highest BCUT2D eigenvalue weighted by atomic mass is 32.2. The van der Waals surface area contributed by atoms with E-state index in [-0.39, 0.29) is 11.0 Å². The van der Waals surface area contributed by atoms with Crippen LogP contribution in [0.5, 0.6) is 0 Å². The summed E-state index contributed by atoms with van der Waals surface area (Å²) >= 11 is 1.53. The van der Waals surface area contributed by atoms with E-state index in [1.54, 1.807) is 0 Å². The number of aryl methyl sites for hydroxylation is 3. The summed E-state index contributed by atoms with van der Waals surface area (Å²) < 4.78 is 0. The minimum atomic E-state index is -0.166. The van der Waals surface area contributed by atoms with Gasteiger partial charge in [0.25, 0.3) is 0 Å². The summed E-state index contributed by atoms with van der Waals surface area (Å²) in [6, 6.07) is 16.2. The first kappa shape index (κ1) is 17.7. The number of aromatic nitrogens is 1. The van der Waals surface area contributed by atoms with E-state index in [1.165, 1.54) is 28.3 Å². The Kier molecular flexibility index (Phi) is 5.24. The summed E-state index contributed by atoms with van der Waals surface area (Å²) in [4.78, 5) is 17.5. The Bertz CT molecular complexity index is 915. The molecule has 0 N–H and O–H groups in total. The summed E-state index contributed by atoms with van der Waals surface area (Å²) in [7, 11) is 0. The second-order valence-electron chi connectivity index (χ2n) is 6.42. The van der Waals surface area contributed by atoms with Gasteiger partial charge in [0, 0.05) is 10.9 Å². The molecule has 1 atom stereocenters. The number of hydrogen-bond donors (Lipinski definition) is 0. The fraction of sp³-hybridized carbons (Fsp3) is 0.273. The second-order valence-corrected chi connectivity index (χ2v) is 7.78. The van der Waals surface area contributed by atoms with Crippen LogP contribution >= 0.6 is 11.8 Å². The zero-order valence-electron chi connectivity index (χ0n) is 15.2. The molecule has 0 aliphatic carbocycles. The van der Waals surface area contributed by atoms with Gasteiger partial charge in [-0.3, -0.25) is 4.79 Å². The van der Waals surface area contributed by atoms with Crippen LogP contribution in [0.2, 0.25) is 0 Å². The van der Waals surface area contributed by atoms with E-state index < -0.39 is 0 Å². The van der Waals surface area contributed by atoms with Crippen LogP contribution < -0.4 is 0 Å². The number of Topliss-reactive ketones (excluding diaryl/α,β-unsaturated/α-hetero) is 1. The minimum absolute atomic E-state index is 0.150. The highest BCUT2D eigenvalue weighted by Gasteiger charge is 2.18. The Morgan fingerprint density at radius 3 is 2.48 bits per heavy atom. The predicted molar refractivity (Wildman–Crippen MR) is 107 cm³/mol. The Balaban J connectivity index is 1.84. The van der Waals surface area contributed by atoms with Crippen LogP contribution in [0.3, 0.4) is 0 Å². The SMILES string of the molecule is CCc1ccc(C(=O)[C@H](C)Sc2cc(C)c3cccc(C)c3n2)cc1. The lowest BCUT2D eigenvalue weighted by molar-refractivity contribution is 0.0994. The molecule has 3 aromatic rings. The smallest absolute Gasteiger partial charge is 0.175 e. The third kappa shape index (κ3) is 3.77. The second kappa shape index (κ2) is 7.40. The first-order chi connectivity index (χ1) is 12.0. The van der Waals surface area contributed by atoms with Gasteiger partial charge < -0.3 is 0 Å². The topological polar surface area (TPSA) is 30.0 Å². The fourth-order valence-electron chi connectivity index (χ4n) is 2.97. The summed E-state index contributed by atoms with van der Waals surface area (Å²) in [6.07, 6.45) is 0.985. The van der Waals surface area contributed by atoms with Crippen LogP contribution in [0.25, 0.3) is 10.9 Å². The number of pyridine rings is 1. The Hall–Kier alpha value is -2.13. The normalized spacial score (nSPS) is 12.3. The maximum absolute atomic E-state index is 12.7. The first-order valence-corrected chi connectivity index (χ1v) is 9.54. The lowest BCUT2D eigenvalue weighted by Crippen LogP contribution is -2.13. The van der Waals surface area contributed by atoms with E-state index in [1.807, 2.05) is 31.2 Å². The van der Waals surface area contributed by atoms with Gasteiger partial charge in [0.05, 0.1) is 15.8 Å². The lowest BCUT2D eigenvalue weighted by atomic mass is 10.1. The number of thioether (sulfide) groups is 1. The number of fused-ring (bicyclic) bond motifs is 1. The fourth-order valence-corrected chi connectivity index (χ4v) is 3.96. The van der Waals surface area contributed by atoms with Crippen LogP contribution in [0, 0.1) is 13.8 Å². The third-order valence-electron chi connectivity index (χ3n) is 4.54. The van der Waals surface area contributed by atoms with Gasteiger partial charge in [-0.1, -0.05) is 61.2 Å². The van der Waals surface area contributed by atoms with Crippen molar-refractivity contribution in [3.05, 3.63) is 70.8 Å². The summed E-state index contributed by atoms with van der Waals surface area (Å²) in [5.74, 6) is 0.150. The molecule has 1 heterocycles. The maximum atomic E-state index is 12.7. The summed E-state index contributed by atoms with van der Waals surface area (Å²) in [5, 5.41) is 1.92. The molecule has 0 unspecified atom stereocenters. The molecule has 0 aliphatic heterocycles. The van der Waals surface area contributed by atoms with Crippen LogP contribution in [-0.2, 0) is 6.42 Å². The van der Waals surface area contributed by atoms with E-state index in [9.17, 15) is 4.79 Å². The quantitative estimate of drug-likeness (QED) is 0.432. The van der Waals surface area contributed by atoms with Crippen molar-refractivity contribution in [1.82, 2.24) is 4.98 Å². The molecule has 0 saturated heterocycles. The molecule has 0 bridgehead atoms. The highest BCUT2D eigenvalue weighted by molar-refractivity contribution is 8.00. The van der Waals surface area contributed by atoms with Gasteiger partial charge in [-0.15, -0.1) is 0 Å². The van der Waals surface area contributed by atoms with E-state index in [2.05, 4.69) is 45.0 Å². The number of carbonyl (C=O) groups is 1. The zero-order valence-corrected chi connectivity index (χ0v) is 16.0. The molecule has 25 heavy (non-hydrogen) atoms. The molecule has 128 valence electrons. The molecule has 2 aromatic carbocycles. The van der Waals surface area contributed by atoms with Crippen LogP contribution in [0.15, 0.2) is 53.6 Å². The molecular weight excluding hydrogens is 326 g/mol. The Morgan fingerprint density at radius 1 is 1.08 bits per heavy atom. The van der Waals surface area contributed by atoms with Gasteiger partial charge in [-0.25, -0.2) is 4.98 Å². The summed E-state index contributed by atoms with van der Waals surface area (Å²) in [5.41, 5.74) is 5.40. The van der Waals surface area contributed by atoms with Gasteiger partial charge in [-0.2, -0.15) is 0 Å². The van der Waals surface area contributed by atoms with Crippen molar-refractivity contribution in [2.75, 3.05) is 0 Å². The van der Waals surface area contributed by atoms with Gasteiger partial charge in [0.1, 0.15) is 0 Å². The van der Waals surface area contributed by atoms with Crippen molar-refractivity contribution in [2.45, 2.75) is 44.4 Å². The number of rotatable bonds is 5. The van der Waals surface area contributed by atoms with Crippen LogP contribution in [0.4, 0.5) is 0 Å². The van der Waals surface area contributed by atoms with Gasteiger partial charge in [-0.05, 0) is 49.9 Å². The van der Waals surface area contributed by atoms with Gasteiger partial charge in [0.15, 0.2) is 5.78 Å². The number of benzene rings is 2. The van der Waals surface area contributed by atoms with E-state index in [0.717, 1.165) is 28.1 Å². The van der Waals surface area contributed by atoms with Crippen molar-refractivity contribution in [1.29, 1.82) is 0 Å². The average Bonchev–Trinajstić information content (AvgIpc) is 2.62. The molecule has 0 amide bonds. The monoisotopic (exact) mass is 349 g/mol. The molecule has 2 nitrogen and oxygen atoms in total. The highest BCUT2D eigenvalue weighted by Crippen LogP contribution is 2.29. The van der Waals surface area contributed by atoms with Gasteiger partial charge in [0.2, 0.25) is 0 Å². The minimum Gasteiger partial charge on any atom is -0.293 e. The standard InChI is InChI=1S/C22H23NOS/c1-5-17-9-11-18(12-10-17)22(24)16(4)25-20-13-15(3)19-8-6-7-14(2)21(19)23-20/h6-13,16H,5H2,1-4H3/t16-/m0/s1.